The molecule has 1 aromatic heterocycles. The van der Waals surface area contributed by atoms with E-state index in [1.807, 2.05) is 0 Å². The maximum atomic E-state index is 3.64. The summed E-state index contributed by atoms with van der Waals surface area (Å²) in [6.45, 7) is 0. The monoisotopic (exact) mass is 85.0 g/mol. The average Bonchev–Trinajstić information content (AvgIpc) is 1.76. The Morgan fingerprint density at radius 3 is 3.00 bits per heavy atom. The van der Waals surface area contributed by atoms with Crippen LogP contribution in [0.15, 0.2) is 0 Å². The highest BCUT2D eigenvalue weighted by Gasteiger charge is 1.62. The maximum absolute atomic E-state index is 3.64. The molecule has 0 aliphatic heterocycles. The van der Waals surface area contributed by atoms with E-state index in [0.29, 0.717) is 8.35 Å². The lowest BCUT2D eigenvalue weighted by atomic mass is 11.3. The quantitative estimate of drug-likeness (QED) is 0.418. The normalized spacial score (nSPS) is 8.00. The minimum Gasteiger partial charge on any atom is -0.0461 e. The molecule has 3 heteroatoms. The Morgan fingerprint density at radius 2 is 2.80 bits per heavy atom. The molecule has 0 bridgehead atoms. The Hall–Kier alpha value is -0.540. The molecular formula is C2H2N2P+. The van der Waals surface area contributed by atoms with Crippen molar-refractivity contribution in [3.63, 3.8) is 0 Å². The molecule has 1 atom stereocenters. The summed E-state index contributed by atoms with van der Waals surface area (Å²) in [4.78, 5) is 3.64. The summed E-state index contributed by atoms with van der Waals surface area (Å²) in [6, 6.07) is 0. The van der Waals surface area contributed by atoms with Crippen molar-refractivity contribution in [2.24, 2.45) is 0 Å². The predicted octanol–water partition coefficient (Wildman–Crippen LogP) is -0.473. The first-order chi connectivity index (χ1) is 2.50. The Bertz CT molecular complexity index is 64.1. The zero-order valence-corrected chi connectivity index (χ0v) is 3.45. The molecule has 0 saturated heterocycles. The van der Waals surface area contributed by atoms with Crippen LogP contribution in [0.2, 0.25) is 0 Å². The fourth-order valence-electron chi connectivity index (χ4n) is 0.140. The molecule has 1 N–H and O–H groups in total. The molecule has 24 valence electrons. The highest BCUT2D eigenvalue weighted by atomic mass is 31.0. The van der Waals surface area contributed by atoms with Crippen molar-refractivity contribution in [1.82, 2.24) is 4.86 Å². The number of aromatic amines is 1. The first-order valence-electron chi connectivity index (χ1n) is 1.20. The summed E-state index contributed by atoms with van der Waals surface area (Å²) in [6.07, 6.45) is 2.57. The third-order valence-electron chi connectivity index (χ3n) is 0.286. The van der Waals surface area contributed by atoms with E-state index in [9.17, 15) is 0 Å². The lowest BCUT2D eigenvalue weighted by Gasteiger charge is -1.31. The Kier molecular flexibility index (Phi) is 0.565. The van der Waals surface area contributed by atoms with Crippen LogP contribution >= 0.6 is 8.35 Å². The van der Waals surface area contributed by atoms with E-state index >= 15 is 0 Å². The van der Waals surface area contributed by atoms with Crippen molar-refractivity contribution >= 4 is 8.35 Å². The van der Waals surface area contributed by atoms with Crippen LogP contribution in [0.5, 0.6) is 0 Å². The van der Waals surface area contributed by atoms with E-state index in [4.69, 9.17) is 0 Å². The zero-order valence-electron chi connectivity index (χ0n) is 2.45. The number of hydrogen-bond acceptors (Lipinski definition) is 1. The first-order valence-corrected chi connectivity index (χ1v) is 2.14. The van der Waals surface area contributed by atoms with Crippen LogP contribution in [-0.4, -0.2) is 4.86 Å². The molecule has 1 rings (SSSR count). The molecule has 0 spiro atoms. The van der Waals surface area contributed by atoms with Gasteiger partial charge in [-0.2, -0.15) is 0 Å². The summed E-state index contributed by atoms with van der Waals surface area (Å²) in [5.41, 5.74) is 0. The average molecular weight is 85.0 g/mol. The van der Waals surface area contributed by atoms with Crippen LogP contribution in [0.25, 0.3) is 0 Å². The smallest absolute Gasteiger partial charge is 0.0461 e. The van der Waals surface area contributed by atoms with E-state index in [2.05, 4.69) is 22.0 Å². The van der Waals surface area contributed by atoms with Gasteiger partial charge in [0.1, 0.15) is 0 Å². The molecule has 1 aromatic rings. The van der Waals surface area contributed by atoms with Crippen LogP contribution < -0.4 is 5.10 Å². The molecule has 5 heavy (non-hydrogen) atoms. The predicted molar refractivity (Wildman–Crippen MR) is 18.0 cm³/mol. The molecule has 0 saturated carbocycles. The van der Waals surface area contributed by atoms with Crippen molar-refractivity contribution in [3.8, 4) is 0 Å². The summed E-state index contributed by atoms with van der Waals surface area (Å²) >= 11 is 0. The zero-order chi connectivity index (χ0) is 3.54. The van der Waals surface area contributed by atoms with Gasteiger partial charge in [0.25, 0.3) is 6.20 Å². The SMILES string of the molecule is c1[nH+]n[pH]c#1. The van der Waals surface area contributed by atoms with Gasteiger partial charge in [0.15, 0.2) is 0 Å². The topological polar surface area (TPSA) is 27.0 Å². The highest BCUT2D eigenvalue weighted by molar-refractivity contribution is 7.23. The fraction of sp³-hybridized carbons (Fsp3) is 0. The van der Waals surface area contributed by atoms with Crippen LogP contribution in [0, 0.1) is 12.0 Å². The van der Waals surface area contributed by atoms with Crippen LogP contribution in [0.3, 0.4) is 0 Å². The number of rotatable bonds is 0. The van der Waals surface area contributed by atoms with E-state index in [1.165, 1.54) is 0 Å². The van der Waals surface area contributed by atoms with Crippen molar-refractivity contribution in [3.05, 3.63) is 12.0 Å². The molecule has 0 aliphatic rings. The molecule has 0 radical (unpaired) electrons. The van der Waals surface area contributed by atoms with E-state index < -0.39 is 0 Å². The second-order valence-corrected chi connectivity index (χ2v) is 1.28. The van der Waals surface area contributed by atoms with Crippen molar-refractivity contribution < 1.29 is 5.10 Å². The Morgan fingerprint density at radius 1 is 1.80 bits per heavy atom. The van der Waals surface area contributed by atoms with Gasteiger partial charge >= 0.3 is 0 Å². The molecule has 0 aliphatic carbocycles. The first kappa shape index (κ1) is 2.68. The molecule has 0 aromatic carbocycles. The molecule has 2 nitrogen and oxygen atoms in total. The van der Waals surface area contributed by atoms with Crippen LogP contribution in [-0.2, 0) is 0 Å². The number of H-pyrrole nitrogens is 1. The minimum atomic E-state index is 0.461. The van der Waals surface area contributed by atoms with Crippen molar-refractivity contribution in [2.75, 3.05) is 0 Å². The van der Waals surface area contributed by atoms with Crippen molar-refractivity contribution in [1.29, 1.82) is 0 Å². The molecule has 1 unspecified atom stereocenters. The van der Waals surface area contributed by atoms with Crippen LogP contribution in [0.4, 0.5) is 0 Å². The van der Waals surface area contributed by atoms with E-state index in [-0.39, 0.29) is 0 Å². The number of hydrogen-bond donors (Lipinski definition) is 0. The van der Waals surface area contributed by atoms with Gasteiger partial charge in [0.05, 0.1) is 8.35 Å². The summed E-state index contributed by atoms with van der Waals surface area (Å²) in [7, 11) is 0.461. The number of nitrogens with one attached hydrogen (secondary N) is 1. The lowest BCUT2D eigenvalue weighted by molar-refractivity contribution is -0.444. The van der Waals surface area contributed by atoms with Gasteiger partial charge in [-0.15, -0.1) is 0 Å². The molecule has 0 amide bonds. The third-order valence-corrected chi connectivity index (χ3v) is 0.747. The standard InChI is InChI=1S/C2HN2P/c1-2-5-4-3-1/h5H/p+1. The van der Waals surface area contributed by atoms with Gasteiger partial charge in [-0.1, -0.05) is 0 Å². The minimum absolute atomic E-state index is 0.461. The van der Waals surface area contributed by atoms with E-state index in [0.717, 1.165) is 0 Å². The molecular weight excluding hydrogens is 83.0 g/mol. The van der Waals surface area contributed by atoms with Crippen molar-refractivity contribution in [2.45, 2.75) is 0 Å². The summed E-state index contributed by atoms with van der Waals surface area (Å²) in [5.74, 6) is 2.72. The van der Waals surface area contributed by atoms with Gasteiger partial charge in [-0.3, -0.25) is 0 Å². The Labute approximate surface area is 31.4 Å². The molecule has 0 fully saturated rings. The molecule has 1 heterocycles. The summed E-state index contributed by atoms with van der Waals surface area (Å²) < 4.78 is 0. The van der Waals surface area contributed by atoms with Gasteiger partial charge < -0.3 is 0 Å². The number of nitrogens with zero attached hydrogens (tertiary/aromatic N) is 1. The third kappa shape index (κ3) is 0.371. The van der Waals surface area contributed by atoms with Gasteiger partial charge in [-0.25, -0.2) is 0 Å². The van der Waals surface area contributed by atoms with Crippen LogP contribution in [0.1, 0.15) is 0 Å². The maximum Gasteiger partial charge on any atom is 0.259 e. The van der Waals surface area contributed by atoms with Gasteiger partial charge in [0, 0.05) is 10.7 Å². The lowest BCUT2D eigenvalue weighted by Crippen LogP contribution is -1.94. The second kappa shape index (κ2) is 1.05. The fourth-order valence-corrected chi connectivity index (χ4v) is 0.419. The highest BCUT2D eigenvalue weighted by Crippen LogP contribution is 1.75. The largest absolute Gasteiger partial charge is 0.259 e. The van der Waals surface area contributed by atoms with Gasteiger partial charge in [-0.05, 0) is 5.10 Å². The van der Waals surface area contributed by atoms with E-state index in [1.54, 1.807) is 0 Å². The summed E-state index contributed by atoms with van der Waals surface area (Å²) in [5, 5.41) is 2.50. The van der Waals surface area contributed by atoms with Gasteiger partial charge in [0.2, 0.25) is 0 Å². The Balaban J connectivity index is 3.13. The number of aromatic nitrogens is 2. The second-order valence-electron chi connectivity index (χ2n) is 0.585.